The van der Waals surface area contributed by atoms with Gasteiger partial charge in [-0.25, -0.2) is 0 Å². The Morgan fingerprint density at radius 2 is 1.79 bits per heavy atom. The fourth-order valence-corrected chi connectivity index (χ4v) is 2.24. The predicted molar refractivity (Wildman–Crippen MR) is 78.0 cm³/mol. The third-order valence-electron chi connectivity index (χ3n) is 3.30. The third kappa shape index (κ3) is 5.03. The highest BCUT2D eigenvalue weighted by molar-refractivity contribution is 5.70. The van der Waals surface area contributed by atoms with Crippen molar-refractivity contribution in [2.45, 2.75) is 45.6 Å². The first-order valence-corrected chi connectivity index (χ1v) is 6.85. The van der Waals surface area contributed by atoms with Gasteiger partial charge in [-0.3, -0.25) is 4.79 Å². The second-order valence-electron chi connectivity index (χ2n) is 5.59. The van der Waals surface area contributed by atoms with Crippen LogP contribution in [0.5, 0.6) is 0 Å². The summed E-state index contributed by atoms with van der Waals surface area (Å²) in [6, 6.07) is 8.34. The smallest absolute Gasteiger partial charge is 0.306 e. The normalized spacial score (nSPS) is 14.2. The molecular weight excluding hydrogens is 238 g/mol. The molecule has 2 N–H and O–H groups in total. The zero-order valence-electron chi connectivity index (χ0n) is 12.3. The quantitative estimate of drug-likeness (QED) is 0.803. The highest BCUT2D eigenvalue weighted by atomic mass is 16.5. The first-order valence-electron chi connectivity index (χ1n) is 6.85. The van der Waals surface area contributed by atoms with Crippen molar-refractivity contribution in [3.8, 4) is 0 Å². The summed E-state index contributed by atoms with van der Waals surface area (Å²) in [4.78, 5) is 11.4. The monoisotopic (exact) mass is 263 g/mol. The Kier molecular flexibility index (Phi) is 6.03. The molecule has 0 amide bonds. The number of benzene rings is 1. The van der Waals surface area contributed by atoms with E-state index >= 15 is 0 Å². The van der Waals surface area contributed by atoms with Crippen LogP contribution < -0.4 is 5.73 Å². The summed E-state index contributed by atoms with van der Waals surface area (Å²) in [5.41, 5.74) is 8.41. The Morgan fingerprint density at radius 3 is 2.21 bits per heavy atom. The molecule has 19 heavy (non-hydrogen) atoms. The van der Waals surface area contributed by atoms with Crippen LogP contribution in [0.4, 0.5) is 0 Å². The molecular formula is C16H25NO2. The van der Waals surface area contributed by atoms with Gasteiger partial charge in [-0.2, -0.15) is 0 Å². The Bertz CT molecular complexity index is 396. The van der Waals surface area contributed by atoms with Crippen LogP contribution in [-0.2, 0) is 16.0 Å². The van der Waals surface area contributed by atoms with Crippen LogP contribution in [0.3, 0.4) is 0 Å². The van der Waals surface area contributed by atoms with Crippen molar-refractivity contribution in [3.63, 3.8) is 0 Å². The molecule has 0 fully saturated rings. The number of nitrogens with two attached hydrogens (primary N) is 1. The molecule has 2 atom stereocenters. The van der Waals surface area contributed by atoms with Crippen molar-refractivity contribution < 1.29 is 9.53 Å². The molecule has 2 unspecified atom stereocenters. The van der Waals surface area contributed by atoms with Crippen LogP contribution >= 0.6 is 0 Å². The number of carbonyl (C=O) groups is 1. The Labute approximate surface area is 116 Å². The molecule has 0 saturated carbocycles. The van der Waals surface area contributed by atoms with Crippen LogP contribution in [0, 0.1) is 5.92 Å². The molecule has 1 rings (SSSR count). The van der Waals surface area contributed by atoms with Crippen molar-refractivity contribution >= 4 is 5.97 Å². The van der Waals surface area contributed by atoms with E-state index in [9.17, 15) is 4.79 Å². The molecule has 0 aliphatic carbocycles. The molecule has 0 saturated heterocycles. The summed E-state index contributed by atoms with van der Waals surface area (Å²) < 4.78 is 4.73. The van der Waals surface area contributed by atoms with E-state index in [4.69, 9.17) is 10.5 Å². The number of hydrogen-bond donors (Lipinski definition) is 1. The van der Waals surface area contributed by atoms with Gasteiger partial charge >= 0.3 is 5.97 Å². The molecule has 1 aromatic carbocycles. The lowest BCUT2D eigenvalue weighted by molar-refractivity contribution is -0.141. The van der Waals surface area contributed by atoms with Crippen molar-refractivity contribution in [3.05, 3.63) is 35.4 Å². The molecule has 0 heterocycles. The van der Waals surface area contributed by atoms with Crippen molar-refractivity contribution in [1.29, 1.82) is 0 Å². The molecule has 106 valence electrons. The van der Waals surface area contributed by atoms with Gasteiger partial charge in [-0.05, 0) is 30.4 Å². The fourth-order valence-electron chi connectivity index (χ4n) is 2.24. The Morgan fingerprint density at radius 1 is 1.21 bits per heavy atom. The molecule has 0 aromatic heterocycles. The summed E-state index contributed by atoms with van der Waals surface area (Å²) in [5.74, 6) is 0.444. The number of carbonyl (C=O) groups excluding carboxylic acids is 1. The molecule has 0 spiro atoms. The largest absolute Gasteiger partial charge is 0.469 e. The lowest BCUT2D eigenvalue weighted by atomic mass is 9.89. The topological polar surface area (TPSA) is 52.3 Å². The first-order chi connectivity index (χ1) is 8.93. The third-order valence-corrected chi connectivity index (χ3v) is 3.30. The molecule has 3 nitrogen and oxygen atoms in total. The average molecular weight is 263 g/mol. The van der Waals surface area contributed by atoms with E-state index in [0.717, 1.165) is 12.0 Å². The van der Waals surface area contributed by atoms with Gasteiger partial charge in [0.15, 0.2) is 0 Å². The molecule has 0 aliphatic rings. The second-order valence-corrected chi connectivity index (χ2v) is 5.59. The standard InChI is InChI=1S/C16H25NO2/c1-11(2)9-13-5-7-14(8-6-13)15(12(3)17)10-16(18)19-4/h5-8,11-12,15H,9-10,17H2,1-4H3. The van der Waals surface area contributed by atoms with E-state index in [1.165, 1.54) is 12.7 Å². The van der Waals surface area contributed by atoms with Gasteiger partial charge in [0.2, 0.25) is 0 Å². The predicted octanol–water partition coefficient (Wildman–Crippen LogP) is 2.88. The minimum atomic E-state index is -0.214. The molecule has 0 bridgehead atoms. The van der Waals surface area contributed by atoms with Gasteiger partial charge in [-0.15, -0.1) is 0 Å². The molecule has 3 heteroatoms. The van der Waals surface area contributed by atoms with E-state index in [0.29, 0.717) is 12.3 Å². The number of rotatable bonds is 6. The maximum Gasteiger partial charge on any atom is 0.306 e. The highest BCUT2D eigenvalue weighted by Gasteiger charge is 2.20. The summed E-state index contributed by atoms with van der Waals surface area (Å²) in [6.07, 6.45) is 1.40. The van der Waals surface area contributed by atoms with Crippen LogP contribution in [0.1, 0.15) is 44.2 Å². The van der Waals surface area contributed by atoms with Gasteiger partial charge in [0, 0.05) is 12.0 Å². The van der Waals surface area contributed by atoms with Crippen LogP contribution in [-0.4, -0.2) is 19.1 Å². The van der Waals surface area contributed by atoms with Crippen molar-refractivity contribution in [2.24, 2.45) is 11.7 Å². The summed E-state index contributed by atoms with van der Waals surface area (Å²) in [6.45, 7) is 6.33. The minimum absolute atomic E-state index is 0.0144. The number of esters is 1. The van der Waals surface area contributed by atoms with E-state index in [2.05, 4.69) is 38.1 Å². The highest BCUT2D eigenvalue weighted by Crippen LogP contribution is 2.24. The number of ether oxygens (including phenoxy) is 1. The number of methoxy groups -OCH3 is 1. The van der Waals surface area contributed by atoms with Gasteiger partial charge in [-0.1, -0.05) is 38.1 Å². The van der Waals surface area contributed by atoms with Gasteiger partial charge < -0.3 is 10.5 Å². The van der Waals surface area contributed by atoms with E-state index in [1.54, 1.807) is 0 Å². The van der Waals surface area contributed by atoms with Crippen molar-refractivity contribution in [2.75, 3.05) is 7.11 Å². The fraction of sp³-hybridized carbons (Fsp3) is 0.562. The molecule has 0 radical (unpaired) electrons. The van der Waals surface area contributed by atoms with Gasteiger partial charge in [0.25, 0.3) is 0 Å². The van der Waals surface area contributed by atoms with Crippen LogP contribution in [0.25, 0.3) is 0 Å². The van der Waals surface area contributed by atoms with Gasteiger partial charge in [0.1, 0.15) is 0 Å². The van der Waals surface area contributed by atoms with Gasteiger partial charge in [0.05, 0.1) is 13.5 Å². The SMILES string of the molecule is COC(=O)CC(c1ccc(CC(C)C)cc1)C(C)N. The maximum atomic E-state index is 11.4. The zero-order valence-corrected chi connectivity index (χ0v) is 12.3. The summed E-state index contributed by atoms with van der Waals surface area (Å²) in [7, 11) is 1.41. The van der Waals surface area contributed by atoms with E-state index in [1.807, 2.05) is 6.92 Å². The average Bonchev–Trinajstić information content (AvgIpc) is 2.35. The lowest BCUT2D eigenvalue weighted by Gasteiger charge is -2.20. The summed E-state index contributed by atoms with van der Waals surface area (Å²) in [5, 5.41) is 0. The van der Waals surface area contributed by atoms with E-state index < -0.39 is 0 Å². The lowest BCUT2D eigenvalue weighted by Crippen LogP contribution is -2.27. The van der Waals surface area contributed by atoms with Crippen LogP contribution in [0.15, 0.2) is 24.3 Å². The first kappa shape index (κ1) is 15.7. The van der Waals surface area contributed by atoms with E-state index in [-0.39, 0.29) is 17.9 Å². The maximum absolute atomic E-state index is 11.4. The molecule has 1 aromatic rings. The Balaban J connectivity index is 2.82. The Hall–Kier alpha value is -1.35. The van der Waals surface area contributed by atoms with Crippen LogP contribution in [0.2, 0.25) is 0 Å². The molecule has 0 aliphatic heterocycles. The number of hydrogen-bond acceptors (Lipinski definition) is 3. The summed E-state index contributed by atoms with van der Waals surface area (Å²) >= 11 is 0. The second kappa shape index (κ2) is 7.29. The van der Waals surface area contributed by atoms with Crippen molar-refractivity contribution in [1.82, 2.24) is 0 Å². The zero-order chi connectivity index (χ0) is 14.4. The minimum Gasteiger partial charge on any atom is -0.469 e.